The van der Waals surface area contributed by atoms with Crippen molar-refractivity contribution in [3.8, 4) is 33.5 Å². The van der Waals surface area contributed by atoms with Gasteiger partial charge in [-0.2, -0.15) is 0 Å². The summed E-state index contributed by atoms with van der Waals surface area (Å²) >= 11 is 6.18. The zero-order valence-corrected chi connectivity index (χ0v) is 18.2. The second-order valence-corrected chi connectivity index (χ2v) is 8.12. The van der Waals surface area contributed by atoms with Gasteiger partial charge in [0.15, 0.2) is 0 Å². The monoisotopic (exact) mass is 420 g/mol. The van der Waals surface area contributed by atoms with Crippen LogP contribution in [0.5, 0.6) is 0 Å². The summed E-state index contributed by atoms with van der Waals surface area (Å²) in [6, 6.07) is 31.6. The molecule has 0 amide bonds. The van der Waals surface area contributed by atoms with E-state index >= 15 is 0 Å². The van der Waals surface area contributed by atoms with E-state index in [1.807, 2.05) is 24.3 Å². The van der Waals surface area contributed by atoms with Gasteiger partial charge in [0.05, 0.1) is 11.2 Å². The first kappa shape index (κ1) is 19.5. The highest BCUT2D eigenvalue weighted by Gasteiger charge is 2.11. The van der Waals surface area contributed by atoms with Crippen LogP contribution < -0.4 is 0 Å². The van der Waals surface area contributed by atoms with Gasteiger partial charge in [0, 0.05) is 10.9 Å². The molecule has 5 rings (SSSR count). The Morgan fingerprint density at radius 1 is 0.581 bits per heavy atom. The molecule has 0 aliphatic heterocycles. The van der Waals surface area contributed by atoms with Crippen LogP contribution in [0.4, 0.5) is 0 Å². The summed E-state index contributed by atoms with van der Waals surface area (Å²) in [5.74, 6) is 0. The first-order valence-electron chi connectivity index (χ1n) is 10.3. The summed E-state index contributed by atoms with van der Waals surface area (Å²) in [5, 5.41) is 1.26. The minimum Gasteiger partial charge on any atom is -0.218 e. The maximum Gasteiger partial charge on any atom is 0.223 e. The van der Waals surface area contributed by atoms with Crippen LogP contribution in [0.25, 0.3) is 44.4 Å². The smallest absolute Gasteiger partial charge is 0.218 e. The van der Waals surface area contributed by atoms with E-state index in [1.54, 1.807) is 0 Å². The Kier molecular flexibility index (Phi) is 5.01. The van der Waals surface area contributed by atoms with E-state index in [4.69, 9.17) is 11.6 Å². The van der Waals surface area contributed by atoms with E-state index in [2.05, 4.69) is 90.5 Å². The third-order valence-corrected chi connectivity index (χ3v) is 5.87. The third-order valence-electron chi connectivity index (χ3n) is 5.70. The number of nitrogens with zero attached hydrogens (tertiary/aromatic N) is 2. The van der Waals surface area contributed by atoms with Gasteiger partial charge in [0.25, 0.3) is 0 Å². The maximum absolute atomic E-state index is 6.18. The van der Waals surface area contributed by atoms with Gasteiger partial charge in [0.2, 0.25) is 5.28 Å². The summed E-state index contributed by atoms with van der Waals surface area (Å²) in [5.41, 5.74) is 10.2. The predicted molar refractivity (Wildman–Crippen MR) is 130 cm³/mol. The van der Waals surface area contributed by atoms with Gasteiger partial charge in [-0.25, -0.2) is 9.97 Å². The van der Waals surface area contributed by atoms with Crippen LogP contribution in [0.2, 0.25) is 5.28 Å². The average molecular weight is 421 g/mol. The van der Waals surface area contributed by atoms with Crippen molar-refractivity contribution >= 4 is 22.5 Å². The molecule has 0 saturated carbocycles. The SMILES string of the molecule is Cc1cc(-c2ccc(-c3nc(Cl)nc4ccccc34)cc2)c(C)cc1-c1ccccc1. The number of rotatable bonds is 3. The van der Waals surface area contributed by atoms with Crippen LogP contribution in [-0.2, 0) is 0 Å². The molecule has 2 nitrogen and oxygen atoms in total. The topological polar surface area (TPSA) is 25.8 Å². The lowest BCUT2D eigenvalue weighted by Gasteiger charge is -2.14. The normalized spacial score (nSPS) is 11.1. The molecule has 1 aromatic heterocycles. The Morgan fingerprint density at radius 3 is 1.81 bits per heavy atom. The second-order valence-electron chi connectivity index (χ2n) is 7.78. The molecule has 3 heteroatoms. The minimum atomic E-state index is 0.265. The van der Waals surface area contributed by atoms with Crippen molar-refractivity contribution < 1.29 is 0 Å². The molecule has 0 bridgehead atoms. The molecule has 150 valence electrons. The summed E-state index contributed by atoms with van der Waals surface area (Å²) in [6.07, 6.45) is 0. The fraction of sp³-hybridized carbons (Fsp3) is 0.0714. The highest BCUT2D eigenvalue weighted by molar-refractivity contribution is 6.28. The van der Waals surface area contributed by atoms with Crippen LogP contribution in [0.3, 0.4) is 0 Å². The molecule has 0 fully saturated rings. The molecule has 0 aliphatic rings. The lowest BCUT2D eigenvalue weighted by atomic mass is 9.91. The highest BCUT2D eigenvalue weighted by atomic mass is 35.5. The van der Waals surface area contributed by atoms with E-state index in [9.17, 15) is 0 Å². The van der Waals surface area contributed by atoms with Gasteiger partial charge < -0.3 is 0 Å². The number of fused-ring (bicyclic) bond motifs is 1. The first-order valence-corrected chi connectivity index (χ1v) is 10.7. The molecule has 1 heterocycles. The molecule has 0 aliphatic carbocycles. The standard InChI is InChI=1S/C28H21ClN2/c1-18-17-25(19(2)16-24(18)20-8-4-3-5-9-20)21-12-14-22(15-13-21)27-23-10-6-7-11-26(23)30-28(29)31-27/h3-17H,1-2H3. The van der Waals surface area contributed by atoms with Crippen molar-refractivity contribution in [2.75, 3.05) is 0 Å². The van der Waals surface area contributed by atoms with E-state index in [1.165, 1.54) is 33.4 Å². The molecule has 4 aromatic carbocycles. The number of hydrogen-bond donors (Lipinski definition) is 0. The van der Waals surface area contributed by atoms with Gasteiger partial charge in [-0.15, -0.1) is 0 Å². The van der Waals surface area contributed by atoms with Crippen LogP contribution in [0, 0.1) is 13.8 Å². The Hall–Kier alpha value is -3.49. The van der Waals surface area contributed by atoms with Crippen molar-refractivity contribution in [3.63, 3.8) is 0 Å². The third kappa shape index (κ3) is 3.71. The Labute approximate surface area is 187 Å². The van der Waals surface area contributed by atoms with Gasteiger partial charge in [-0.05, 0) is 64.9 Å². The molecule has 0 saturated heterocycles. The number of benzene rings is 4. The number of aryl methyl sites for hydroxylation is 2. The first-order chi connectivity index (χ1) is 15.1. The van der Waals surface area contributed by atoms with Gasteiger partial charge >= 0.3 is 0 Å². The van der Waals surface area contributed by atoms with Crippen LogP contribution >= 0.6 is 11.6 Å². The number of halogens is 1. The van der Waals surface area contributed by atoms with E-state index in [0.717, 1.165) is 22.2 Å². The maximum atomic E-state index is 6.18. The second kappa shape index (κ2) is 7.98. The Morgan fingerprint density at radius 2 is 1.13 bits per heavy atom. The van der Waals surface area contributed by atoms with E-state index in [-0.39, 0.29) is 5.28 Å². The zero-order valence-electron chi connectivity index (χ0n) is 17.4. The predicted octanol–water partition coefficient (Wildman–Crippen LogP) is 7.90. The quantitative estimate of drug-likeness (QED) is 0.277. The minimum absolute atomic E-state index is 0.265. The van der Waals surface area contributed by atoms with Crippen molar-refractivity contribution in [3.05, 3.63) is 107 Å². The molecule has 31 heavy (non-hydrogen) atoms. The number of para-hydroxylation sites is 1. The van der Waals surface area contributed by atoms with Crippen molar-refractivity contribution in [1.29, 1.82) is 0 Å². The zero-order chi connectivity index (χ0) is 21.4. The van der Waals surface area contributed by atoms with Gasteiger partial charge in [-0.1, -0.05) is 84.9 Å². The largest absolute Gasteiger partial charge is 0.223 e. The van der Waals surface area contributed by atoms with Crippen molar-refractivity contribution in [2.45, 2.75) is 13.8 Å². The molecule has 0 N–H and O–H groups in total. The molecule has 0 unspecified atom stereocenters. The molecule has 0 radical (unpaired) electrons. The summed E-state index contributed by atoms with van der Waals surface area (Å²) in [7, 11) is 0. The van der Waals surface area contributed by atoms with Crippen molar-refractivity contribution in [2.24, 2.45) is 0 Å². The summed E-state index contributed by atoms with van der Waals surface area (Å²) in [6.45, 7) is 4.35. The lowest BCUT2D eigenvalue weighted by Crippen LogP contribution is -1.92. The van der Waals surface area contributed by atoms with Crippen LogP contribution in [-0.4, -0.2) is 9.97 Å². The van der Waals surface area contributed by atoms with Crippen molar-refractivity contribution in [1.82, 2.24) is 9.97 Å². The van der Waals surface area contributed by atoms with Crippen LogP contribution in [0.1, 0.15) is 11.1 Å². The highest BCUT2D eigenvalue weighted by Crippen LogP contribution is 2.34. The number of aromatic nitrogens is 2. The summed E-state index contributed by atoms with van der Waals surface area (Å²) in [4.78, 5) is 8.84. The molecule has 5 aromatic rings. The molecular formula is C28H21ClN2. The number of hydrogen-bond acceptors (Lipinski definition) is 2. The van der Waals surface area contributed by atoms with Crippen LogP contribution in [0.15, 0.2) is 91.0 Å². The fourth-order valence-electron chi connectivity index (χ4n) is 4.13. The van der Waals surface area contributed by atoms with Gasteiger partial charge in [0.1, 0.15) is 0 Å². The van der Waals surface area contributed by atoms with E-state index in [0.29, 0.717) is 0 Å². The lowest BCUT2D eigenvalue weighted by molar-refractivity contribution is 1.22. The fourth-order valence-corrected chi connectivity index (χ4v) is 4.31. The molecular weight excluding hydrogens is 400 g/mol. The molecule has 0 spiro atoms. The Bertz CT molecular complexity index is 1390. The Balaban J connectivity index is 1.55. The van der Waals surface area contributed by atoms with E-state index < -0.39 is 0 Å². The summed E-state index contributed by atoms with van der Waals surface area (Å²) < 4.78 is 0. The molecule has 0 atom stereocenters. The average Bonchev–Trinajstić information content (AvgIpc) is 2.80. The van der Waals surface area contributed by atoms with Gasteiger partial charge in [-0.3, -0.25) is 0 Å².